The molecular formula is C10H13ClN2O4S. The number of rotatable bonds is 1. The number of alkyl halides is 1. The Bertz CT molecular complexity index is 540. The molecule has 0 aromatic carbocycles. The van der Waals surface area contributed by atoms with Gasteiger partial charge in [0.05, 0.1) is 6.42 Å². The first-order valence-corrected chi connectivity index (χ1v) is 7.54. The van der Waals surface area contributed by atoms with Crippen LogP contribution in [0.1, 0.15) is 32.1 Å². The molecule has 0 aliphatic heterocycles. The van der Waals surface area contributed by atoms with Crippen molar-refractivity contribution < 1.29 is 22.6 Å². The van der Waals surface area contributed by atoms with Crippen LogP contribution >= 0.6 is 11.6 Å². The quantitative estimate of drug-likeness (QED) is 0.339. The van der Waals surface area contributed by atoms with Crippen molar-refractivity contribution in [3.05, 3.63) is 5.53 Å². The van der Waals surface area contributed by atoms with Crippen LogP contribution in [0.2, 0.25) is 0 Å². The van der Waals surface area contributed by atoms with Gasteiger partial charge in [0.1, 0.15) is 0 Å². The molecule has 3 atom stereocenters. The van der Waals surface area contributed by atoms with Crippen LogP contribution in [0.25, 0.3) is 5.53 Å². The SMILES string of the molecule is [N-]=[N+]=C1CCC2C(CCCC2(Cl)S(=O)(=O)O)C1=O. The molecule has 6 nitrogen and oxygen atoms in total. The van der Waals surface area contributed by atoms with Gasteiger partial charge in [-0.3, -0.25) is 9.35 Å². The summed E-state index contributed by atoms with van der Waals surface area (Å²) in [5.74, 6) is -1.57. The van der Waals surface area contributed by atoms with Gasteiger partial charge in [-0.25, -0.2) is 0 Å². The molecule has 0 amide bonds. The van der Waals surface area contributed by atoms with E-state index in [4.69, 9.17) is 17.1 Å². The summed E-state index contributed by atoms with van der Waals surface area (Å²) in [7, 11) is -4.43. The van der Waals surface area contributed by atoms with Crippen molar-refractivity contribution in [2.24, 2.45) is 11.8 Å². The van der Waals surface area contributed by atoms with Gasteiger partial charge in [0.15, 0.2) is 4.21 Å². The van der Waals surface area contributed by atoms with E-state index in [9.17, 15) is 17.8 Å². The maximum absolute atomic E-state index is 12.0. The Hall–Kier alpha value is -0.750. The molecule has 8 heteroatoms. The van der Waals surface area contributed by atoms with Crippen LogP contribution in [0.5, 0.6) is 0 Å². The van der Waals surface area contributed by atoms with E-state index in [1.807, 2.05) is 0 Å². The minimum atomic E-state index is -4.43. The Balaban J connectivity index is 2.42. The number of hydrogen-bond donors (Lipinski definition) is 1. The second-order valence-corrected chi connectivity index (χ2v) is 7.39. The largest absolute Gasteiger partial charge is 0.361 e. The minimum absolute atomic E-state index is 0.0625. The molecule has 18 heavy (non-hydrogen) atoms. The van der Waals surface area contributed by atoms with Gasteiger partial charge in [-0.05, 0) is 25.7 Å². The molecule has 2 saturated carbocycles. The second-order valence-electron chi connectivity index (χ2n) is 4.82. The predicted molar refractivity (Wildman–Crippen MR) is 63.8 cm³/mol. The van der Waals surface area contributed by atoms with Gasteiger partial charge in [0.25, 0.3) is 10.1 Å². The van der Waals surface area contributed by atoms with E-state index < -0.39 is 26.2 Å². The van der Waals surface area contributed by atoms with E-state index >= 15 is 0 Å². The van der Waals surface area contributed by atoms with Crippen LogP contribution in [-0.2, 0) is 14.9 Å². The van der Waals surface area contributed by atoms with Crippen molar-refractivity contribution in [1.29, 1.82) is 0 Å². The van der Waals surface area contributed by atoms with Crippen molar-refractivity contribution in [2.75, 3.05) is 0 Å². The van der Waals surface area contributed by atoms with Gasteiger partial charge >= 0.3 is 5.71 Å². The fourth-order valence-electron chi connectivity index (χ4n) is 3.03. The standard InChI is InChI=1S/C10H13ClN2O4S/c11-10(18(15,16)17)5-1-2-6-7(10)3-4-8(13-12)9(6)14/h6-7H,1-5H2,(H,15,16,17). The minimum Gasteiger partial charge on any atom is -0.361 e. The highest BCUT2D eigenvalue weighted by Gasteiger charge is 2.57. The lowest BCUT2D eigenvalue weighted by Gasteiger charge is -2.42. The van der Waals surface area contributed by atoms with Crippen molar-refractivity contribution in [3.8, 4) is 0 Å². The molecule has 0 spiro atoms. The monoisotopic (exact) mass is 292 g/mol. The van der Waals surface area contributed by atoms with Gasteiger partial charge in [-0.1, -0.05) is 11.6 Å². The molecule has 0 heterocycles. The molecule has 0 saturated heterocycles. The maximum atomic E-state index is 12.0. The lowest BCUT2D eigenvalue weighted by molar-refractivity contribution is -0.125. The summed E-state index contributed by atoms with van der Waals surface area (Å²) in [5, 5.41) is 0. The van der Waals surface area contributed by atoms with Gasteiger partial charge in [0, 0.05) is 11.8 Å². The highest BCUT2D eigenvalue weighted by molar-refractivity contribution is 7.88. The van der Waals surface area contributed by atoms with E-state index in [0.29, 0.717) is 19.3 Å². The first-order valence-electron chi connectivity index (χ1n) is 5.72. The van der Waals surface area contributed by atoms with Crippen molar-refractivity contribution in [2.45, 2.75) is 36.3 Å². The summed E-state index contributed by atoms with van der Waals surface area (Å²) >= 11 is 6.09. The van der Waals surface area contributed by atoms with Crippen LogP contribution in [0, 0.1) is 11.8 Å². The van der Waals surface area contributed by atoms with Crippen LogP contribution in [0.15, 0.2) is 0 Å². The van der Waals surface area contributed by atoms with Gasteiger partial charge in [-0.2, -0.15) is 13.2 Å². The molecule has 0 bridgehead atoms. The number of nitrogens with zero attached hydrogens (tertiary/aromatic N) is 2. The highest BCUT2D eigenvalue weighted by atomic mass is 35.5. The van der Waals surface area contributed by atoms with Crippen molar-refractivity contribution in [1.82, 2.24) is 0 Å². The third-order valence-electron chi connectivity index (χ3n) is 3.94. The zero-order valence-electron chi connectivity index (χ0n) is 9.54. The Morgan fingerprint density at radius 3 is 2.67 bits per heavy atom. The Morgan fingerprint density at radius 1 is 1.44 bits per heavy atom. The molecule has 0 aromatic heterocycles. The molecule has 2 aliphatic rings. The zero-order valence-corrected chi connectivity index (χ0v) is 11.1. The number of ketones is 1. The summed E-state index contributed by atoms with van der Waals surface area (Å²) in [4.78, 5) is 14.9. The first-order chi connectivity index (χ1) is 8.31. The number of carbonyl (C=O) groups is 1. The van der Waals surface area contributed by atoms with Crippen molar-refractivity contribution in [3.63, 3.8) is 0 Å². The Morgan fingerprint density at radius 2 is 2.11 bits per heavy atom. The average Bonchev–Trinajstić information content (AvgIpc) is 2.29. The summed E-state index contributed by atoms with van der Waals surface area (Å²) in [6.07, 6.45) is 1.58. The molecule has 2 fully saturated rings. The Kier molecular flexibility index (Phi) is 3.36. The number of carbonyl (C=O) groups excluding carboxylic acids is 1. The number of Topliss-reactive ketones (excluding diaryl/α,β-unsaturated/α-hetero) is 1. The zero-order chi connectivity index (χ0) is 13.6. The first kappa shape index (κ1) is 13.7. The number of halogens is 1. The summed E-state index contributed by atoms with van der Waals surface area (Å²) in [6.45, 7) is 0. The number of hydrogen-bond acceptors (Lipinski definition) is 3. The molecule has 1 N–H and O–H groups in total. The third kappa shape index (κ3) is 1.91. The van der Waals surface area contributed by atoms with E-state index in [-0.39, 0.29) is 24.3 Å². The summed E-state index contributed by atoms with van der Waals surface area (Å²) in [6, 6.07) is 0. The fraction of sp³-hybridized carbons (Fsp3) is 0.800. The predicted octanol–water partition coefficient (Wildman–Crippen LogP) is 1.26. The third-order valence-corrected chi connectivity index (χ3v) is 6.35. The maximum Gasteiger partial charge on any atom is 0.334 e. The van der Waals surface area contributed by atoms with Crippen LogP contribution in [0.3, 0.4) is 0 Å². The highest BCUT2D eigenvalue weighted by Crippen LogP contribution is 2.49. The van der Waals surface area contributed by atoms with Gasteiger partial charge < -0.3 is 5.53 Å². The van der Waals surface area contributed by atoms with Gasteiger partial charge in [-0.15, -0.1) is 0 Å². The average molecular weight is 293 g/mol. The van der Waals surface area contributed by atoms with Gasteiger partial charge in [0.2, 0.25) is 5.78 Å². The van der Waals surface area contributed by atoms with Crippen LogP contribution < -0.4 is 0 Å². The second kappa shape index (κ2) is 4.42. The molecule has 3 unspecified atom stereocenters. The van der Waals surface area contributed by atoms with E-state index in [0.717, 1.165) is 0 Å². The molecule has 100 valence electrons. The van der Waals surface area contributed by atoms with E-state index in [2.05, 4.69) is 4.79 Å². The topological polar surface area (TPSA) is 108 Å². The van der Waals surface area contributed by atoms with Crippen LogP contribution in [-0.4, -0.2) is 33.5 Å². The lowest BCUT2D eigenvalue weighted by atomic mass is 9.69. The van der Waals surface area contributed by atoms with E-state index in [1.165, 1.54) is 0 Å². The smallest absolute Gasteiger partial charge is 0.334 e. The molecule has 2 rings (SSSR count). The fourth-order valence-corrected chi connectivity index (χ4v) is 4.49. The normalized spacial score (nSPS) is 37.0. The molecular weight excluding hydrogens is 280 g/mol. The molecule has 2 aliphatic carbocycles. The van der Waals surface area contributed by atoms with Crippen LogP contribution in [0.4, 0.5) is 0 Å². The van der Waals surface area contributed by atoms with E-state index in [1.54, 1.807) is 0 Å². The lowest BCUT2D eigenvalue weighted by Crippen LogP contribution is -2.52. The molecule has 0 radical (unpaired) electrons. The Labute approximate surface area is 110 Å². The number of fused-ring (bicyclic) bond motifs is 1. The summed E-state index contributed by atoms with van der Waals surface area (Å²) < 4.78 is 30.4. The molecule has 0 aromatic rings. The van der Waals surface area contributed by atoms with Crippen molar-refractivity contribution >= 4 is 33.2 Å². The summed E-state index contributed by atoms with van der Waals surface area (Å²) in [5.41, 5.74) is 8.77.